The molecule has 7 nitrogen and oxygen atoms in total. The van der Waals surface area contributed by atoms with E-state index in [9.17, 15) is 9.59 Å². The first-order valence-electron chi connectivity index (χ1n) is 8.44. The van der Waals surface area contributed by atoms with Crippen LogP contribution in [0, 0.1) is 0 Å². The van der Waals surface area contributed by atoms with Crippen LogP contribution in [-0.4, -0.2) is 86.2 Å². The fourth-order valence-electron chi connectivity index (χ4n) is 2.70. The van der Waals surface area contributed by atoms with Crippen LogP contribution in [0.1, 0.15) is 26.7 Å². The van der Waals surface area contributed by atoms with E-state index in [1.54, 1.807) is 11.9 Å². The number of ether oxygens (including phenoxy) is 1. The Hall–Kier alpha value is -1.18. The predicted octanol–water partition coefficient (Wildman–Crippen LogP) is -0.576. The summed E-state index contributed by atoms with van der Waals surface area (Å²) >= 11 is 0. The summed E-state index contributed by atoms with van der Waals surface area (Å²) in [4.78, 5) is 27.9. The maximum atomic E-state index is 12.1. The number of hydrogen-bond donors (Lipinski definition) is 2. The molecule has 2 fully saturated rings. The van der Waals surface area contributed by atoms with Gasteiger partial charge in [-0.05, 0) is 33.7 Å². The third-order valence-corrected chi connectivity index (χ3v) is 4.35. The Balaban J connectivity index is 1.65. The number of nitrogens with one attached hydrogen (secondary N) is 2. The van der Waals surface area contributed by atoms with Crippen LogP contribution in [0.3, 0.4) is 0 Å². The summed E-state index contributed by atoms with van der Waals surface area (Å²) in [7, 11) is 1.79. The average molecular weight is 326 g/mol. The average Bonchev–Trinajstić information content (AvgIpc) is 3.29. The lowest BCUT2D eigenvalue weighted by Gasteiger charge is -2.40. The van der Waals surface area contributed by atoms with Gasteiger partial charge in [0.2, 0.25) is 11.8 Å². The number of nitrogens with zero attached hydrogens (tertiary/aromatic N) is 2. The normalized spacial score (nSPS) is 19.7. The molecule has 0 unspecified atom stereocenters. The molecule has 0 aromatic rings. The molecule has 1 saturated carbocycles. The van der Waals surface area contributed by atoms with Crippen LogP contribution in [0.15, 0.2) is 0 Å². The van der Waals surface area contributed by atoms with Gasteiger partial charge in [-0.3, -0.25) is 19.4 Å². The van der Waals surface area contributed by atoms with Crippen LogP contribution in [0.25, 0.3) is 0 Å². The summed E-state index contributed by atoms with van der Waals surface area (Å²) in [6, 6.07) is 0.360. The summed E-state index contributed by atoms with van der Waals surface area (Å²) in [5.41, 5.74) is -0.0959. The Morgan fingerprint density at radius 2 is 1.78 bits per heavy atom. The second kappa shape index (κ2) is 8.08. The molecular formula is C16H30N4O3. The van der Waals surface area contributed by atoms with E-state index < -0.39 is 0 Å². The highest BCUT2D eigenvalue weighted by molar-refractivity contribution is 5.81. The lowest BCUT2D eigenvalue weighted by Crippen LogP contribution is -2.56. The number of rotatable bonds is 8. The van der Waals surface area contributed by atoms with Gasteiger partial charge in [0.15, 0.2) is 0 Å². The molecule has 0 spiro atoms. The zero-order chi connectivity index (χ0) is 16.9. The van der Waals surface area contributed by atoms with E-state index in [0.29, 0.717) is 12.6 Å². The van der Waals surface area contributed by atoms with Crippen molar-refractivity contribution in [3.63, 3.8) is 0 Å². The largest absolute Gasteiger partial charge is 0.379 e. The molecule has 2 N–H and O–H groups in total. The molecule has 132 valence electrons. The zero-order valence-electron chi connectivity index (χ0n) is 14.6. The Morgan fingerprint density at radius 1 is 1.17 bits per heavy atom. The molecule has 0 aromatic heterocycles. The van der Waals surface area contributed by atoms with Gasteiger partial charge in [-0.2, -0.15) is 0 Å². The monoisotopic (exact) mass is 326 g/mol. The quantitative estimate of drug-likeness (QED) is 0.625. The van der Waals surface area contributed by atoms with Gasteiger partial charge < -0.3 is 15.4 Å². The summed E-state index contributed by atoms with van der Waals surface area (Å²) < 4.78 is 5.37. The van der Waals surface area contributed by atoms with Crippen molar-refractivity contribution in [2.24, 2.45) is 0 Å². The van der Waals surface area contributed by atoms with Crippen LogP contribution in [-0.2, 0) is 14.3 Å². The molecule has 1 saturated heterocycles. The molecule has 23 heavy (non-hydrogen) atoms. The van der Waals surface area contributed by atoms with Crippen LogP contribution in [0.2, 0.25) is 0 Å². The Morgan fingerprint density at radius 3 is 2.39 bits per heavy atom. The lowest BCUT2D eigenvalue weighted by molar-refractivity contribution is -0.125. The molecule has 0 aromatic carbocycles. The first-order valence-corrected chi connectivity index (χ1v) is 8.44. The summed E-state index contributed by atoms with van der Waals surface area (Å²) in [6.45, 7) is 8.62. The Labute approximate surface area is 138 Å². The number of carbonyl (C=O) groups excluding carboxylic acids is 2. The highest BCUT2D eigenvalue weighted by atomic mass is 16.5. The van der Waals surface area contributed by atoms with Gasteiger partial charge in [-0.15, -0.1) is 0 Å². The van der Waals surface area contributed by atoms with E-state index in [0.717, 1.165) is 39.1 Å². The van der Waals surface area contributed by atoms with E-state index >= 15 is 0 Å². The number of morpholine rings is 1. The lowest BCUT2D eigenvalue weighted by atomic mass is 10.0. The summed E-state index contributed by atoms with van der Waals surface area (Å²) in [5, 5.41) is 5.91. The summed E-state index contributed by atoms with van der Waals surface area (Å²) in [6.07, 6.45) is 2.15. The van der Waals surface area contributed by atoms with Gasteiger partial charge in [-0.1, -0.05) is 0 Å². The smallest absolute Gasteiger partial charge is 0.234 e. The van der Waals surface area contributed by atoms with Crippen LogP contribution in [0.5, 0.6) is 0 Å². The van der Waals surface area contributed by atoms with Gasteiger partial charge >= 0.3 is 0 Å². The van der Waals surface area contributed by atoms with Crippen molar-refractivity contribution in [1.29, 1.82) is 0 Å². The topological polar surface area (TPSA) is 73.9 Å². The van der Waals surface area contributed by atoms with Crippen molar-refractivity contribution in [2.75, 3.05) is 53.0 Å². The third-order valence-electron chi connectivity index (χ3n) is 4.35. The van der Waals surface area contributed by atoms with Crippen LogP contribution in [0.4, 0.5) is 0 Å². The molecule has 0 radical (unpaired) electrons. The second-order valence-corrected chi connectivity index (χ2v) is 7.20. The molecule has 0 bridgehead atoms. The highest BCUT2D eigenvalue weighted by Crippen LogP contribution is 2.18. The minimum Gasteiger partial charge on any atom is -0.379 e. The fraction of sp³-hybridized carbons (Fsp3) is 0.875. The van der Waals surface area contributed by atoms with Crippen molar-refractivity contribution in [3.05, 3.63) is 0 Å². The van der Waals surface area contributed by atoms with E-state index in [1.165, 1.54) is 0 Å². The van der Waals surface area contributed by atoms with Crippen LogP contribution < -0.4 is 10.6 Å². The van der Waals surface area contributed by atoms with E-state index in [4.69, 9.17) is 4.74 Å². The van der Waals surface area contributed by atoms with E-state index in [1.807, 2.05) is 0 Å². The number of hydrogen-bond acceptors (Lipinski definition) is 5. The minimum atomic E-state index is -0.0959. The summed E-state index contributed by atoms with van der Waals surface area (Å²) in [5.74, 6) is -0.0514. The highest BCUT2D eigenvalue weighted by Gasteiger charge is 2.29. The van der Waals surface area contributed by atoms with Gasteiger partial charge in [0.25, 0.3) is 0 Å². The molecule has 1 aliphatic carbocycles. The van der Waals surface area contributed by atoms with Gasteiger partial charge in [-0.25, -0.2) is 0 Å². The molecule has 2 aliphatic rings. The minimum absolute atomic E-state index is 0.00329. The second-order valence-electron chi connectivity index (χ2n) is 7.20. The van der Waals surface area contributed by atoms with Crippen LogP contribution >= 0.6 is 0 Å². The predicted molar refractivity (Wildman–Crippen MR) is 88.1 cm³/mol. The molecule has 0 atom stereocenters. The number of carbonyl (C=O) groups is 2. The molecular weight excluding hydrogens is 296 g/mol. The Bertz CT molecular complexity index is 418. The van der Waals surface area contributed by atoms with Gasteiger partial charge in [0, 0.05) is 31.2 Å². The van der Waals surface area contributed by atoms with Crippen molar-refractivity contribution in [1.82, 2.24) is 20.4 Å². The van der Waals surface area contributed by atoms with Gasteiger partial charge in [0.1, 0.15) is 0 Å². The standard InChI is InChI=1S/C16H30N4O3/c1-16(2,20-6-8-23-9-7-20)12-17-14(21)10-19(3)11-15(22)18-13-4-5-13/h13H,4-12H2,1-3H3,(H,17,21)(H,18,22). The van der Waals surface area contributed by atoms with E-state index in [2.05, 4.69) is 29.4 Å². The Kier molecular flexibility index (Phi) is 6.38. The van der Waals surface area contributed by atoms with Crippen molar-refractivity contribution in [3.8, 4) is 0 Å². The maximum absolute atomic E-state index is 12.1. The number of likely N-dealkylation sites (N-methyl/N-ethyl adjacent to an activating group) is 1. The van der Waals surface area contributed by atoms with Crippen molar-refractivity contribution < 1.29 is 14.3 Å². The first-order chi connectivity index (χ1) is 10.9. The number of amides is 2. The molecule has 2 amide bonds. The SMILES string of the molecule is CN(CC(=O)NCC(C)(C)N1CCOCC1)CC(=O)NC1CC1. The fourth-order valence-corrected chi connectivity index (χ4v) is 2.70. The first kappa shape index (κ1) is 18.2. The maximum Gasteiger partial charge on any atom is 0.234 e. The third kappa shape index (κ3) is 6.45. The van der Waals surface area contributed by atoms with Crippen molar-refractivity contribution in [2.45, 2.75) is 38.3 Å². The molecule has 1 heterocycles. The van der Waals surface area contributed by atoms with E-state index in [-0.39, 0.29) is 30.4 Å². The molecule has 1 aliphatic heterocycles. The van der Waals surface area contributed by atoms with Gasteiger partial charge in [0.05, 0.1) is 26.3 Å². The zero-order valence-corrected chi connectivity index (χ0v) is 14.6. The molecule has 2 rings (SSSR count). The van der Waals surface area contributed by atoms with Crippen molar-refractivity contribution >= 4 is 11.8 Å². The molecule has 7 heteroatoms.